The molecule has 5 rings (SSSR count). The number of rotatable bonds is 8. The second kappa shape index (κ2) is 11.3. The molecule has 198 valence electrons. The lowest BCUT2D eigenvalue weighted by Crippen LogP contribution is -2.10. The van der Waals surface area contributed by atoms with E-state index in [2.05, 4.69) is 18.0 Å². The van der Waals surface area contributed by atoms with Gasteiger partial charge in [0.25, 0.3) is 0 Å². The number of aromatic nitrogens is 1. The molecule has 4 aromatic carbocycles. The van der Waals surface area contributed by atoms with Crippen molar-refractivity contribution < 1.29 is 19.4 Å². The van der Waals surface area contributed by atoms with Gasteiger partial charge in [0.05, 0.1) is 22.8 Å². The Hall–Kier alpha value is -5.15. The van der Waals surface area contributed by atoms with Crippen LogP contribution < -0.4 is 0 Å². The van der Waals surface area contributed by atoms with Crippen LogP contribution in [0.3, 0.4) is 0 Å². The number of benzene rings is 4. The minimum atomic E-state index is -1.04. The zero-order chi connectivity index (χ0) is 28.2. The topological polar surface area (TPSA) is 103 Å². The summed E-state index contributed by atoms with van der Waals surface area (Å²) < 4.78 is 5.70. The van der Waals surface area contributed by atoms with Gasteiger partial charge in [0, 0.05) is 23.0 Å². The number of ether oxygens (including phenoxy) is 1. The van der Waals surface area contributed by atoms with Gasteiger partial charge in [-0.25, -0.2) is 9.59 Å². The molecule has 0 saturated heterocycles. The van der Waals surface area contributed by atoms with Crippen molar-refractivity contribution >= 4 is 22.8 Å². The summed E-state index contributed by atoms with van der Waals surface area (Å²) in [4.78, 5) is 28.7. The number of hydrogen-bond donors (Lipinski definition) is 2. The van der Waals surface area contributed by atoms with Crippen LogP contribution in [-0.2, 0) is 11.3 Å². The molecule has 6 heteroatoms. The van der Waals surface area contributed by atoms with Gasteiger partial charge in [0.1, 0.15) is 6.61 Å². The van der Waals surface area contributed by atoms with E-state index in [0.717, 1.165) is 39.6 Å². The van der Waals surface area contributed by atoms with Crippen LogP contribution in [0.25, 0.3) is 22.0 Å². The number of carbonyl (C=O) groups is 2. The summed E-state index contributed by atoms with van der Waals surface area (Å²) in [6, 6.07) is 27.8. The highest BCUT2D eigenvalue weighted by Crippen LogP contribution is 2.40. The minimum absolute atomic E-state index is 0.103. The molecule has 0 saturated carbocycles. The number of esters is 1. The van der Waals surface area contributed by atoms with Crippen molar-refractivity contribution in [3.8, 4) is 17.2 Å². The fourth-order valence-corrected chi connectivity index (χ4v) is 5.20. The second-order valence-electron chi connectivity index (χ2n) is 9.79. The van der Waals surface area contributed by atoms with E-state index in [9.17, 15) is 20.0 Å². The third kappa shape index (κ3) is 5.23. The van der Waals surface area contributed by atoms with Crippen molar-refractivity contribution in [1.82, 2.24) is 4.98 Å². The Bertz CT molecular complexity index is 1760. The van der Waals surface area contributed by atoms with Crippen molar-refractivity contribution in [3.63, 3.8) is 0 Å². The summed E-state index contributed by atoms with van der Waals surface area (Å²) in [5, 5.41) is 20.1. The molecule has 2 N–H and O–H groups in total. The Balaban J connectivity index is 1.63. The Morgan fingerprint density at radius 2 is 1.75 bits per heavy atom. The molecule has 1 aromatic heterocycles. The number of nitrogens with one attached hydrogen (secondary N) is 1. The van der Waals surface area contributed by atoms with Gasteiger partial charge in [-0.3, -0.25) is 0 Å². The quantitative estimate of drug-likeness (QED) is 0.202. The van der Waals surface area contributed by atoms with Crippen LogP contribution in [0, 0.1) is 18.3 Å². The standard InChI is InChI=1S/C34H28N2O4/c1-3-25(31-19-36-32-16-23(18-35)10-13-28(31)32)26-14-11-24(33(37)38)17-29(26)27-12-9-21(2)15-30(27)34(39)40-20-22-7-5-4-6-8-22/h4-17,19,25,36H,3,20H2,1-2H3,(H,37,38). The molecule has 6 nitrogen and oxygen atoms in total. The molecule has 0 amide bonds. The van der Waals surface area contributed by atoms with Crippen LogP contribution in [0.4, 0.5) is 0 Å². The smallest absolute Gasteiger partial charge is 0.339 e. The Morgan fingerprint density at radius 1 is 0.950 bits per heavy atom. The molecule has 5 aromatic rings. The van der Waals surface area contributed by atoms with E-state index in [1.54, 1.807) is 24.3 Å². The van der Waals surface area contributed by atoms with Crippen LogP contribution in [0.15, 0.2) is 91.1 Å². The minimum Gasteiger partial charge on any atom is -0.478 e. The third-order valence-corrected chi connectivity index (χ3v) is 7.20. The maximum atomic E-state index is 13.4. The summed E-state index contributed by atoms with van der Waals surface area (Å²) in [5.41, 5.74) is 6.93. The molecule has 0 radical (unpaired) electrons. The molecule has 0 aliphatic carbocycles. The Morgan fingerprint density at radius 3 is 2.48 bits per heavy atom. The maximum Gasteiger partial charge on any atom is 0.339 e. The lowest BCUT2D eigenvalue weighted by molar-refractivity contribution is 0.0473. The molecular weight excluding hydrogens is 500 g/mol. The van der Waals surface area contributed by atoms with E-state index < -0.39 is 11.9 Å². The number of carboxylic acids is 1. The first-order valence-electron chi connectivity index (χ1n) is 13.1. The van der Waals surface area contributed by atoms with Gasteiger partial charge in [-0.15, -0.1) is 0 Å². The zero-order valence-electron chi connectivity index (χ0n) is 22.3. The molecule has 1 heterocycles. The summed E-state index contributed by atoms with van der Waals surface area (Å²) in [5.74, 6) is -1.62. The van der Waals surface area contributed by atoms with E-state index in [4.69, 9.17) is 4.74 Å². The molecule has 1 atom stereocenters. The van der Waals surface area contributed by atoms with Gasteiger partial charge in [-0.1, -0.05) is 67.1 Å². The summed E-state index contributed by atoms with van der Waals surface area (Å²) in [7, 11) is 0. The SMILES string of the molecule is CCC(c1ccc(C(=O)O)cc1-c1ccc(C)cc1C(=O)OCc1ccccc1)c1c[nH]c2cc(C#N)ccc12. The van der Waals surface area contributed by atoms with Crippen LogP contribution in [-0.4, -0.2) is 22.0 Å². The maximum absolute atomic E-state index is 13.4. The Kier molecular flexibility index (Phi) is 7.48. The Labute approximate surface area is 232 Å². The first-order chi connectivity index (χ1) is 19.4. The number of hydrogen-bond acceptors (Lipinski definition) is 4. The molecule has 0 bridgehead atoms. The fraction of sp³-hybridized carbons (Fsp3) is 0.147. The van der Waals surface area contributed by atoms with Gasteiger partial charge >= 0.3 is 11.9 Å². The fourth-order valence-electron chi connectivity index (χ4n) is 5.20. The third-order valence-electron chi connectivity index (χ3n) is 7.20. The van der Waals surface area contributed by atoms with Gasteiger partial charge < -0.3 is 14.8 Å². The van der Waals surface area contributed by atoms with E-state index in [1.807, 2.05) is 73.8 Å². The van der Waals surface area contributed by atoms with Gasteiger partial charge in [0.15, 0.2) is 0 Å². The van der Waals surface area contributed by atoms with Gasteiger partial charge in [-0.2, -0.15) is 5.26 Å². The van der Waals surface area contributed by atoms with E-state index in [1.165, 1.54) is 0 Å². The predicted octanol–water partition coefficient (Wildman–Crippen LogP) is 7.61. The van der Waals surface area contributed by atoms with E-state index >= 15 is 0 Å². The predicted molar refractivity (Wildman–Crippen MR) is 154 cm³/mol. The van der Waals surface area contributed by atoms with Crippen molar-refractivity contribution in [2.24, 2.45) is 0 Å². The normalized spacial score (nSPS) is 11.6. The van der Waals surface area contributed by atoms with Crippen LogP contribution >= 0.6 is 0 Å². The number of H-pyrrole nitrogens is 1. The van der Waals surface area contributed by atoms with Crippen LogP contribution in [0.5, 0.6) is 0 Å². The van der Waals surface area contributed by atoms with E-state index in [-0.39, 0.29) is 18.1 Å². The zero-order valence-corrected chi connectivity index (χ0v) is 22.3. The number of fused-ring (bicyclic) bond motifs is 1. The molecule has 0 fully saturated rings. The first kappa shape index (κ1) is 26.5. The van der Waals surface area contributed by atoms with Crippen LogP contribution in [0.1, 0.15) is 67.8 Å². The van der Waals surface area contributed by atoms with Crippen LogP contribution in [0.2, 0.25) is 0 Å². The monoisotopic (exact) mass is 528 g/mol. The van der Waals surface area contributed by atoms with Crippen molar-refractivity contribution in [3.05, 3.63) is 130 Å². The average Bonchev–Trinajstić information content (AvgIpc) is 3.39. The van der Waals surface area contributed by atoms with Gasteiger partial charge in [-0.05, 0) is 71.5 Å². The summed E-state index contributed by atoms with van der Waals surface area (Å²) in [6.07, 6.45) is 2.67. The number of aromatic carboxylic acids is 1. The number of nitrogens with zero attached hydrogens (tertiary/aromatic N) is 1. The molecule has 0 aliphatic heterocycles. The van der Waals surface area contributed by atoms with Gasteiger partial charge in [0.2, 0.25) is 0 Å². The first-order valence-corrected chi connectivity index (χ1v) is 13.1. The highest BCUT2D eigenvalue weighted by Gasteiger charge is 2.24. The van der Waals surface area contributed by atoms with Crippen molar-refractivity contribution in [2.45, 2.75) is 32.8 Å². The van der Waals surface area contributed by atoms with Crippen molar-refractivity contribution in [1.29, 1.82) is 5.26 Å². The molecule has 0 spiro atoms. The lowest BCUT2D eigenvalue weighted by Gasteiger charge is -2.21. The largest absolute Gasteiger partial charge is 0.478 e. The molecule has 1 unspecified atom stereocenters. The molecular formula is C34H28N2O4. The number of aromatic amines is 1. The highest BCUT2D eigenvalue weighted by atomic mass is 16.5. The lowest BCUT2D eigenvalue weighted by atomic mass is 9.82. The molecule has 0 aliphatic rings. The number of nitriles is 1. The second-order valence-corrected chi connectivity index (χ2v) is 9.79. The average molecular weight is 529 g/mol. The number of aryl methyl sites for hydroxylation is 1. The van der Waals surface area contributed by atoms with E-state index in [0.29, 0.717) is 22.3 Å². The summed E-state index contributed by atoms with van der Waals surface area (Å²) >= 11 is 0. The highest BCUT2D eigenvalue weighted by molar-refractivity contribution is 5.99. The van der Waals surface area contributed by atoms with Crippen molar-refractivity contribution in [2.75, 3.05) is 0 Å². The number of carbonyl (C=O) groups excluding carboxylic acids is 1. The summed E-state index contributed by atoms with van der Waals surface area (Å²) in [6.45, 7) is 4.11. The number of carboxylic acid groups (broad SMARTS) is 1. The molecule has 40 heavy (non-hydrogen) atoms.